The van der Waals surface area contributed by atoms with Crippen LogP contribution < -0.4 is 0 Å². The van der Waals surface area contributed by atoms with Crippen molar-refractivity contribution < 1.29 is 53.4 Å². The van der Waals surface area contributed by atoms with Gasteiger partial charge in [-0.2, -0.15) is 0 Å². The molecule has 0 radical (unpaired) electrons. The average molecular weight is 549 g/mol. The van der Waals surface area contributed by atoms with Crippen LogP contribution in [0.25, 0.3) is 0 Å². The number of methoxy groups -OCH3 is 2. The molecule has 4 aliphatic carbocycles. The van der Waals surface area contributed by atoms with Gasteiger partial charge in [0.2, 0.25) is 0 Å². The summed E-state index contributed by atoms with van der Waals surface area (Å²) in [4.78, 5) is 39.8. The highest BCUT2D eigenvalue weighted by Gasteiger charge is 2.97. The summed E-state index contributed by atoms with van der Waals surface area (Å²) >= 11 is 0. The standard InChI is InChI=1S/C28H36O11/c1-22(19(31)14-6-9-38-12-14)7-8-26(37-5)24(3)15(10-17(29)36-4)23(2)13-25(24,33)28(35,20(23)32)21-27(26,34)16(22)11-18(30)39-21/h6,9,12,15-16,20-21,32-35H,7-8,10-11,13H2,1-5H3. The molecule has 5 fully saturated rings. The van der Waals surface area contributed by atoms with Crippen molar-refractivity contribution in [3.63, 3.8) is 0 Å². The summed E-state index contributed by atoms with van der Waals surface area (Å²) in [7, 11) is 2.62. The first-order valence-corrected chi connectivity index (χ1v) is 13.3. The van der Waals surface area contributed by atoms with Gasteiger partial charge in [-0.15, -0.1) is 0 Å². The van der Waals surface area contributed by atoms with Crippen molar-refractivity contribution >= 4 is 17.7 Å². The molecule has 1 aromatic rings. The van der Waals surface area contributed by atoms with Crippen molar-refractivity contribution in [1.82, 2.24) is 0 Å². The minimum Gasteiger partial charge on any atom is -0.472 e. The van der Waals surface area contributed by atoms with Gasteiger partial charge in [-0.25, -0.2) is 0 Å². The van der Waals surface area contributed by atoms with E-state index in [2.05, 4.69) is 0 Å². The Kier molecular flexibility index (Phi) is 5.17. The summed E-state index contributed by atoms with van der Waals surface area (Å²) in [6.45, 7) is 4.99. The van der Waals surface area contributed by atoms with Crippen LogP contribution in [0.3, 0.4) is 0 Å². The molecule has 6 rings (SSSR count). The van der Waals surface area contributed by atoms with E-state index in [9.17, 15) is 34.8 Å². The molecule has 11 atom stereocenters. The SMILES string of the molecule is COC(=O)CC1C2(C)CC3(O)C(O)(C2O)C2OC(=O)CC4C(C)(C(=O)c5ccoc5)CCC(OC)(C42O)C13C. The molecular formula is C28H36O11. The number of aliphatic hydroxyl groups excluding tert-OH is 1. The minimum absolute atomic E-state index is 0.0311. The number of esters is 2. The molecule has 1 aliphatic heterocycles. The van der Waals surface area contributed by atoms with E-state index in [1.807, 2.05) is 0 Å². The second kappa shape index (κ2) is 7.50. The third kappa shape index (κ3) is 2.45. The third-order valence-corrected chi connectivity index (χ3v) is 12.1. The number of rotatable bonds is 5. The van der Waals surface area contributed by atoms with E-state index in [4.69, 9.17) is 18.6 Å². The maximum Gasteiger partial charge on any atom is 0.306 e. The molecule has 39 heavy (non-hydrogen) atoms. The van der Waals surface area contributed by atoms with Gasteiger partial charge in [-0.3, -0.25) is 14.4 Å². The molecule has 4 N–H and O–H groups in total. The lowest BCUT2D eigenvalue weighted by Crippen LogP contribution is -2.94. The Balaban J connectivity index is 1.64. The number of hydrogen-bond acceptors (Lipinski definition) is 11. The molecule has 0 aromatic carbocycles. The summed E-state index contributed by atoms with van der Waals surface area (Å²) < 4.78 is 22.1. The zero-order chi connectivity index (χ0) is 28.6. The molecule has 11 heteroatoms. The Morgan fingerprint density at radius 3 is 2.38 bits per heavy atom. The van der Waals surface area contributed by atoms with Crippen LogP contribution in [0, 0.1) is 28.1 Å². The second-order valence-corrected chi connectivity index (χ2v) is 13.0. The van der Waals surface area contributed by atoms with Gasteiger partial charge in [-0.1, -0.05) is 20.8 Å². The number of carbonyl (C=O) groups excluding carboxylic acids is 3. The molecule has 0 amide bonds. The van der Waals surface area contributed by atoms with E-state index in [1.165, 1.54) is 32.8 Å². The molecule has 2 heterocycles. The number of carbonyl (C=O) groups is 3. The zero-order valence-electron chi connectivity index (χ0n) is 22.7. The molecule has 2 bridgehead atoms. The molecule has 214 valence electrons. The lowest BCUT2D eigenvalue weighted by Gasteiger charge is -2.77. The van der Waals surface area contributed by atoms with Gasteiger partial charge in [-0.05, 0) is 31.2 Å². The highest BCUT2D eigenvalue weighted by Crippen LogP contribution is 2.83. The third-order valence-electron chi connectivity index (χ3n) is 12.1. The summed E-state index contributed by atoms with van der Waals surface area (Å²) in [6, 6.07) is 1.51. The Morgan fingerprint density at radius 2 is 1.79 bits per heavy atom. The fraction of sp³-hybridized carbons (Fsp3) is 0.750. The summed E-state index contributed by atoms with van der Waals surface area (Å²) in [6.07, 6.45) is -1.38. The smallest absolute Gasteiger partial charge is 0.306 e. The highest BCUT2D eigenvalue weighted by molar-refractivity contribution is 6.01. The van der Waals surface area contributed by atoms with Crippen LogP contribution in [-0.4, -0.2) is 87.0 Å². The Hall–Kier alpha value is -2.31. The van der Waals surface area contributed by atoms with Crippen molar-refractivity contribution in [2.24, 2.45) is 28.1 Å². The lowest BCUT2D eigenvalue weighted by atomic mass is 9.33. The van der Waals surface area contributed by atoms with Crippen molar-refractivity contribution in [1.29, 1.82) is 0 Å². The van der Waals surface area contributed by atoms with Gasteiger partial charge in [0.15, 0.2) is 17.5 Å². The first kappa shape index (κ1) is 26.9. The van der Waals surface area contributed by atoms with Crippen LogP contribution in [0.15, 0.2) is 23.0 Å². The molecule has 1 saturated heterocycles. The van der Waals surface area contributed by atoms with Crippen molar-refractivity contribution in [3.05, 3.63) is 24.2 Å². The number of ketones is 1. The summed E-state index contributed by atoms with van der Waals surface area (Å²) in [5.74, 6) is -3.66. The van der Waals surface area contributed by atoms with Gasteiger partial charge < -0.3 is 39.1 Å². The van der Waals surface area contributed by atoms with Crippen LogP contribution in [0.4, 0.5) is 0 Å². The van der Waals surface area contributed by atoms with E-state index < -0.39 is 74.6 Å². The van der Waals surface area contributed by atoms with Crippen LogP contribution in [0.1, 0.15) is 63.2 Å². The molecule has 11 unspecified atom stereocenters. The first-order chi connectivity index (χ1) is 18.1. The molecule has 0 spiro atoms. The topological polar surface area (TPSA) is 173 Å². The normalized spacial score (nSPS) is 53.2. The van der Waals surface area contributed by atoms with Crippen molar-refractivity contribution in [2.75, 3.05) is 14.2 Å². The predicted octanol–water partition coefficient (Wildman–Crippen LogP) is 0.756. The number of ether oxygens (including phenoxy) is 3. The van der Waals surface area contributed by atoms with E-state index >= 15 is 0 Å². The fourth-order valence-corrected chi connectivity index (χ4v) is 10.4. The van der Waals surface area contributed by atoms with Gasteiger partial charge >= 0.3 is 11.9 Å². The maximum atomic E-state index is 13.9. The van der Waals surface area contributed by atoms with Crippen LogP contribution in [0.5, 0.6) is 0 Å². The van der Waals surface area contributed by atoms with Gasteiger partial charge in [0.25, 0.3) is 0 Å². The summed E-state index contributed by atoms with van der Waals surface area (Å²) in [5.41, 5.74) is -12.4. The van der Waals surface area contributed by atoms with E-state index in [0.717, 1.165) is 0 Å². The van der Waals surface area contributed by atoms with E-state index in [1.54, 1.807) is 20.8 Å². The van der Waals surface area contributed by atoms with Crippen molar-refractivity contribution in [2.45, 2.75) is 87.5 Å². The van der Waals surface area contributed by atoms with Crippen LogP contribution in [-0.2, 0) is 23.8 Å². The number of fused-ring (bicyclic) bond motifs is 3. The molecule has 4 saturated carbocycles. The fourth-order valence-electron chi connectivity index (χ4n) is 10.4. The zero-order valence-corrected chi connectivity index (χ0v) is 22.7. The quantitative estimate of drug-likeness (QED) is 0.302. The van der Waals surface area contributed by atoms with Gasteiger partial charge in [0.05, 0.1) is 31.5 Å². The Morgan fingerprint density at radius 1 is 1.10 bits per heavy atom. The molecular weight excluding hydrogens is 512 g/mol. The number of aliphatic hydroxyl groups is 4. The number of hydrogen-bond donors (Lipinski definition) is 4. The van der Waals surface area contributed by atoms with E-state index in [-0.39, 0.29) is 43.5 Å². The molecule has 5 aliphatic rings. The summed E-state index contributed by atoms with van der Waals surface area (Å²) in [5, 5.41) is 49.7. The number of furan rings is 1. The minimum atomic E-state index is -2.52. The first-order valence-electron chi connectivity index (χ1n) is 13.3. The number of Topliss-reactive ketones (excluding diaryl/α,β-unsaturated/α-hetero) is 1. The maximum absolute atomic E-state index is 13.9. The lowest BCUT2D eigenvalue weighted by molar-refractivity contribution is -0.442. The largest absolute Gasteiger partial charge is 0.472 e. The average Bonchev–Trinajstić information content (AvgIpc) is 3.54. The highest BCUT2D eigenvalue weighted by atomic mass is 16.6. The predicted molar refractivity (Wildman–Crippen MR) is 130 cm³/mol. The second-order valence-electron chi connectivity index (χ2n) is 13.0. The van der Waals surface area contributed by atoms with Crippen molar-refractivity contribution in [3.8, 4) is 0 Å². The van der Waals surface area contributed by atoms with Gasteiger partial charge in [0.1, 0.15) is 23.1 Å². The van der Waals surface area contributed by atoms with Crippen LogP contribution >= 0.6 is 0 Å². The van der Waals surface area contributed by atoms with Gasteiger partial charge in [0, 0.05) is 35.7 Å². The Bertz CT molecular complexity index is 1260. The monoisotopic (exact) mass is 548 g/mol. The molecule has 1 aromatic heterocycles. The Labute approximate surface area is 225 Å². The van der Waals surface area contributed by atoms with Crippen LogP contribution in [0.2, 0.25) is 0 Å². The van der Waals surface area contributed by atoms with E-state index in [0.29, 0.717) is 0 Å². The molecule has 11 nitrogen and oxygen atoms in total.